The first-order chi connectivity index (χ1) is 8.54. The van der Waals surface area contributed by atoms with Gasteiger partial charge in [-0.2, -0.15) is 0 Å². The molecule has 2 rings (SSSR count). The van der Waals surface area contributed by atoms with Crippen molar-refractivity contribution in [1.82, 2.24) is 0 Å². The van der Waals surface area contributed by atoms with Gasteiger partial charge in [-0.25, -0.2) is 0 Å². The molecule has 0 spiro atoms. The maximum atomic E-state index is 11.9. The predicted octanol–water partition coefficient (Wildman–Crippen LogP) is 3.30. The van der Waals surface area contributed by atoms with Gasteiger partial charge in [0, 0.05) is 10.2 Å². The lowest BCUT2D eigenvalue weighted by molar-refractivity contribution is -0.124. The number of rotatable bonds is 3. The average molecular weight is 311 g/mol. The molecule has 0 heterocycles. The third-order valence-electron chi connectivity index (χ3n) is 3.95. The monoisotopic (exact) mass is 310 g/mol. The van der Waals surface area contributed by atoms with Crippen LogP contribution < -0.4 is 11.1 Å². The van der Waals surface area contributed by atoms with Gasteiger partial charge in [-0.15, -0.1) is 0 Å². The maximum absolute atomic E-state index is 11.9. The first kappa shape index (κ1) is 13.4. The number of hydrogen-bond acceptors (Lipinski definition) is 2. The van der Waals surface area contributed by atoms with Gasteiger partial charge in [0.05, 0.1) is 0 Å². The summed E-state index contributed by atoms with van der Waals surface area (Å²) in [6.45, 7) is 2.11. The van der Waals surface area contributed by atoms with E-state index in [1.807, 2.05) is 24.3 Å². The summed E-state index contributed by atoms with van der Waals surface area (Å²) in [6.07, 6.45) is 4.10. The molecule has 1 aliphatic rings. The molecule has 0 radical (unpaired) electrons. The Balaban J connectivity index is 2.25. The van der Waals surface area contributed by atoms with Gasteiger partial charge >= 0.3 is 0 Å². The number of hydrogen-bond donors (Lipinski definition) is 2. The average Bonchev–Trinajstić information content (AvgIpc) is 2.35. The molecule has 3 nitrogen and oxygen atoms in total. The summed E-state index contributed by atoms with van der Waals surface area (Å²) < 4.78 is 1.03. The van der Waals surface area contributed by atoms with Crippen LogP contribution >= 0.6 is 15.9 Å². The Hall–Kier alpha value is -1.03. The third-order valence-corrected chi connectivity index (χ3v) is 4.48. The van der Waals surface area contributed by atoms with Gasteiger partial charge in [0.15, 0.2) is 0 Å². The number of halogens is 1. The summed E-state index contributed by atoms with van der Waals surface area (Å²) >= 11 is 3.41. The number of nitrogens with two attached hydrogens (primary N) is 1. The fourth-order valence-corrected chi connectivity index (χ4v) is 3.02. The molecule has 0 bridgehead atoms. The van der Waals surface area contributed by atoms with Gasteiger partial charge in [-0.05, 0) is 43.0 Å². The van der Waals surface area contributed by atoms with E-state index in [0.29, 0.717) is 0 Å². The molecule has 18 heavy (non-hydrogen) atoms. The summed E-state index contributed by atoms with van der Waals surface area (Å²) in [7, 11) is 0. The number of anilines is 1. The second-order valence-electron chi connectivity index (χ2n) is 5.11. The highest BCUT2D eigenvalue weighted by molar-refractivity contribution is 9.10. The summed E-state index contributed by atoms with van der Waals surface area (Å²) in [5.41, 5.74) is 6.02. The molecule has 1 aromatic rings. The van der Waals surface area contributed by atoms with E-state index in [9.17, 15) is 4.79 Å². The Labute approximate surface area is 116 Å². The molecule has 0 saturated heterocycles. The summed E-state index contributed by atoms with van der Waals surface area (Å²) in [5.74, 6) is 0.0324. The van der Waals surface area contributed by atoms with Crippen molar-refractivity contribution in [3.8, 4) is 0 Å². The normalized spacial score (nSPS) is 27.8. The van der Waals surface area contributed by atoms with Crippen LogP contribution in [-0.4, -0.2) is 11.4 Å². The first-order valence-electron chi connectivity index (χ1n) is 6.38. The van der Waals surface area contributed by atoms with Crippen LogP contribution in [0, 0.1) is 5.92 Å². The van der Waals surface area contributed by atoms with E-state index in [4.69, 9.17) is 5.73 Å². The molecule has 3 N–H and O–H groups in total. The smallest absolute Gasteiger partial charge is 0.243 e. The molecule has 0 aromatic heterocycles. The van der Waals surface area contributed by atoms with Gasteiger partial charge in [-0.3, -0.25) is 4.79 Å². The van der Waals surface area contributed by atoms with Gasteiger partial charge in [0.25, 0.3) is 0 Å². The van der Waals surface area contributed by atoms with Gasteiger partial charge < -0.3 is 11.1 Å². The van der Waals surface area contributed by atoms with E-state index >= 15 is 0 Å². The first-order valence-corrected chi connectivity index (χ1v) is 7.17. The Bertz CT molecular complexity index is 432. The number of nitrogens with one attached hydrogen (secondary N) is 1. The summed E-state index contributed by atoms with van der Waals surface area (Å²) in [4.78, 5) is 11.9. The van der Waals surface area contributed by atoms with Gasteiger partial charge in [0.2, 0.25) is 5.91 Å². The molecule has 1 amide bonds. The minimum atomic E-state index is -0.591. The Morgan fingerprint density at radius 1 is 1.39 bits per heavy atom. The second kappa shape index (κ2) is 5.31. The van der Waals surface area contributed by atoms with Crippen LogP contribution in [0.25, 0.3) is 0 Å². The highest BCUT2D eigenvalue weighted by atomic mass is 79.9. The number of carbonyl (C=O) groups is 1. The van der Waals surface area contributed by atoms with Gasteiger partial charge in [0.1, 0.15) is 5.54 Å². The molecule has 1 fully saturated rings. The summed E-state index contributed by atoms with van der Waals surface area (Å²) in [5, 5.41) is 3.38. The minimum absolute atomic E-state index is 0.238. The number of amides is 1. The van der Waals surface area contributed by atoms with Crippen molar-refractivity contribution in [2.75, 3.05) is 5.32 Å². The zero-order valence-corrected chi connectivity index (χ0v) is 12.2. The van der Waals surface area contributed by atoms with Crippen LogP contribution in [0.5, 0.6) is 0 Å². The highest BCUT2D eigenvalue weighted by Gasteiger charge is 2.43. The lowest BCUT2D eigenvalue weighted by Gasteiger charge is -2.41. The fourth-order valence-electron chi connectivity index (χ4n) is 2.75. The van der Waals surface area contributed by atoms with Crippen molar-refractivity contribution < 1.29 is 4.79 Å². The molecule has 1 aromatic carbocycles. The molecule has 4 heteroatoms. The number of primary amides is 1. The van der Waals surface area contributed by atoms with Crippen molar-refractivity contribution in [3.63, 3.8) is 0 Å². The molecule has 1 aliphatic carbocycles. The van der Waals surface area contributed by atoms with Crippen LogP contribution in [0.15, 0.2) is 28.7 Å². The molecular formula is C14H19BrN2O. The summed E-state index contributed by atoms with van der Waals surface area (Å²) in [6, 6.07) is 7.86. The number of carbonyl (C=O) groups excluding carboxylic acids is 1. The Morgan fingerprint density at radius 3 is 2.61 bits per heavy atom. The van der Waals surface area contributed by atoms with Crippen molar-refractivity contribution in [2.45, 2.75) is 38.1 Å². The lowest BCUT2D eigenvalue weighted by atomic mass is 9.73. The molecule has 2 unspecified atom stereocenters. The quantitative estimate of drug-likeness (QED) is 0.900. The fraction of sp³-hybridized carbons (Fsp3) is 0.500. The topological polar surface area (TPSA) is 55.1 Å². The minimum Gasteiger partial charge on any atom is -0.371 e. The van der Waals surface area contributed by atoms with Crippen LogP contribution in [0.3, 0.4) is 0 Å². The zero-order valence-electron chi connectivity index (χ0n) is 10.6. The predicted molar refractivity (Wildman–Crippen MR) is 77.3 cm³/mol. The molecule has 1 saturated carbocycles. The Morgan fingerprint density at radius 2 is 2.06 bits per heavy atom. The van der Waals surface area contributed by atoms with E-state index in [1.165, 1.54) is 6.42 Å². The lowest BCUT2D eigenvalue weighted by Crippen LogP contribution is -2.56. The van der Waals surface area contributed by atoms with Crippen LogP contribution in [0.4, 0.5) is 5.69 Å². The van der Waals surface area contributed by atoms with Crippen molar-refractivity contribution >= 4 is 27.5 Å². The van der Waals surface area contributed by atoms with E-state index in [0.717, 1.165) is 29.4 Å². The van der Waals surface area contributed by atoms with Crippen molar-refractivity contribution in [3.05, 3.63) is 28.7 Å². The van der Waals surface area contributed by atoms with Crippen LogP contribution in [0.2, 0.25) is 0 Å². The number of benzene rings is 1. The van der Waals surface area contributed by atoms with E-state index in [-0.39, 0.29) is 11.8 Å². The zero-order chi connectivity index (χ0) is 13.2. The van der Waals surface area contributed by atoms with Crippen LogP contribution in [-0.2, 0) is 4.79 Å². The largest absolute Gasteiger partial charge is 0.371 e. The molecule has 2 atom stereocenters. The van der Waals surface area contributed by atoms with E-state index < -0.39 is 5.54 Å². The molecule has 0 aliphatic heterocycles. The SMILES string of the molecule is CC1CCCCC1(Nc1ccc(Br)cc1)C(N)=O. The van der Waals surface area contributed by atoms with Crippen molar-refractivity contribution in [1.29, 1.82) is 0 Å². The van der Waals surface area contributed by atoms with E-state index in [2.05, 4.69) is 28.2 Å². The highest BCUT2D eigenvalue weighted by Crippen LogP contribution is 2.36. The van der Waals surface area contributed by atoms with Crippen LogP contribution in [0.1, 0.15) is 32.6 Å². The molecule has 98 valence electrons. The van der Waals surface area contributed by atoms with E-state index in [1.54, 1.807) is 0 Å². The third kappa shape index (κ3) is 2.53. The second-order valence-corrected chi connectivity index (χ2v) is 6.03. The van der Waals surface area contributed by atoms with Crippen molar-refractivity contribution in [2.24, 2.45) is 11.7 Å². The maximum Gasteiger partial charge on any atom is 0.243 e. The Kier molecular flexibility index (Phi) is 3.95. The van der Waals surface area contributed by atoms with Gasteiger partial charge in [-0.1, -0.05) is 35.7 Å². The molecular weight excluding hydrogens is 292 g/mol. The standard InChI is InChI=1S/C14H19BrN2O/c1-10-4-2-3-9-14(10,13(16)18)17-12-7-5-11(15)6-8-12/h5-8,10,17H,2-4,9H2,1H3,(H2,16,18).